The molecule has 0 fully saturated rings. The van der Waals surface area contributed by atoms with Gasteiger partial charge in [-0.3, -0.25) is 9.59 Å². The number of hydrogen-bond acceptors (Lipinski definition) is 5. The van der Waals surface area contributed by atoms with Crippen LogP contribution in [0, 0.1) is 0 Å². The number of hydrogen-bond donors (Lipinski definition) is 1. The van der Waals surface area contributed by atoms with Gasteiger partial charge in [-0.15, -0.1) is 0 Å². The van der Waals surface area contributed by atoms with Gasteiger partial charge in [0.2, 0.25) is 0 Å². The van der Waals surface area contributed by atoms with Gasteiger partial charge in [0.15, 0.2) is 6.10 Å². The molecule has 0 rings (SSSR count). The van der Waals surface area contributed by atoms with Gasteiger partial charge < -0.3 is 14.6 Å². The molecule has 0 bridgehead atoms. The maximum absolute atomic E-state index is 12.3. The molecule has 424 valence electrons. The second-order valence-corrected chi connectivity index (χ2v) is 20.8. The predicted octanol–water partition coefficient (Wildman–Crippen LogP) is 21.6. The van der Waals surface area contributed by atoms with Gasteiger partial charge in [-0.2, -0.15) is 0 Å². The molecule has 0 aromatic carbocycles. The maximum Gasteiger partial charge on any atom is 0.306 e. The molecule has 0 aliphatic carbocycles. The second kappa shape index (κ2) is 63.8. The Bertz CT molecular complexity index is 1440. The zero-order valence-corrected chi connectivity index (χ0v) is 48.6. The number of ether oxygens (including phenoxy) is 2. The van der Waals surface area contributed by atoms with Gasteiger partial charge in [0.1, 0.15) is 6.61 Å². The van der Waals surface area contributed by atoms with Crippen LogP contribution in [0.3, 0.4) is 0 Å². The van der Waals surface area contributed by atoms with E-state index in [1.54, 1.807) is 0 Å². The van der Waals surface area contributed by atoms with Crippen molar-refractivity contribution < 1.29 is 24.2 Å². The normalized spacial score (nSPS) is 13.0. The average molecular weight is 1030 g/mol. The van der Waals surface area contributed by atoms with Gasteiger partial charge >= 0.3 is 11.9 Å². The van der Waals surface area contributed by atoms with Gasteiger partial charge in [-0.25, -0.2) is 0 Å². The maximum atomic E-state index is 12.3. The van der Waals surface area contributed by atoms with Crippen LogP contribution >= 0.6 is 0 Å². The number of aliphatic hydroxyl groups is 1. The van der Waals surface area contributed by atoms with E-state index in [1.165, 1.54) is 180 Å². The van der Waals surface area contributed by atoms with Crippen LogP contribution in [0.1, 0.15) is 296 Å². The molecular formula is C69H118O5. The summed E-state index contributed by atoms with van der Waals surface area (Å²) in [5.41, 5.74) is 0. The molecule has 0 aliphatic rings. The predicted molar refractivity (Wildman–Crippen MR) is 325 cm³/mol. The van der Waals surface area contributed by atoms with Crippen LogP contribution in [0.5, 0.6) is 0 Å². The topological polar surface area (TPSA) is 72.8 Å². The lowest BCUT2D eigenvalue weighted by atomic mass is 10.0. The number of rotatable bonds is 57. The van der Waals surface area contributed by atoms with Crippen molar-refractivity contribution in [1.29, 1.82) is 0 Å². The Morgan fingerprint density at radius 3 is 0.878 bits per heavy atom. The minimum atomic E-state index is -0.779. The molecule has 5 heteroatoms. The number of aliphatic hydroxyl groups excluding tert-OH is 1. The Hall–Kier alpha value is -3.44. The first kappa shape index (κ1) is 70.6. The highest BCUT2D eigenvalue weighted by molar-refractivity contribution is 5.70. The summed E-state index contributed by atoms with van der Waals surface area (Å²) in [6.45, 7) is 4.04. The highest BCUT2D eigenvalue weighted by Crippen LogP contribution is 2.16. The molecule has 0 spiro atoms. The third-order valence-corrected chi connectivity index (χ3v) is 13.6. The fraction of sp³-hybridized carbons (Fsp3) is 0.710. The third-order valence-electron chi connectivity index (χ3n) is 13.6. The van der Waals surface area contributed by atoms with E-state index in [-0.39, 0.29) is 25.2 Å². The molecule has 0 saturated carbocycles. The van der Waals surface area contributed by atoms with Crippen molar-refractivity contribution in [2.45, 2.75) is 302 Å². The summed E-state index contributed by atoms with van der Waals surface area (Å²) in [6, 6.07) is 0. The fourth-order valence-corrected chi connectivity index (χ4v) is 8.86. The molecule has 0 radical (unpaired) electrons. The van der Waals surface area contributed by atoms with Crippen molar-refractivity contribution >= 4 is 11.9 Å². The number of carbonyl (C=O) groups is 2. The van der Waals surface area contributed by atoms with E-state index in [0.29, 0.717) is 12.8 Å². The van der Waals surface area contributed by atoms with Crippen LogP contribution in [0.15, 0.2) is 109 Å². The number of unbranched alkanes of at least 4 members (excludes halogenated alkanes) is 31. The largest absolute Gasteiger partial charge is 0.462 e. The first-order chi connectivity index (χ1) is 36.6. The minimum Gasteiger partial charge on any atom is -0.462 e. The third kappa shape index (κ3) is 61.1. The van der Waals surface area contributed by atoms with Gasteiger partial charge in [0.25, 0.3) is 0 Å². The van der Waals surface area contributed by atoms with Crippen molar-refractivity contribution in [3.05, 3.63) is 109 Å². The van der Waals surface area contributed by atoms with Crippen LogP contribution < -0.4 is 0 Å². The van der Waals surface area contributed by atoms with Crippen molar-refractivity contribution in [3.8, 4) is 0 Å². The lowest BCUT2D eigenvalue weighted by Gasteiger charge is -2.15. The lowest BCUT2D eigenvalue weighted by molar-refractivity contribution is -0.161. The molecule has 0 saturated heterocycles. The van der Waals surface area contributed by atoms with Crippen molar-refractivity contribution in [1.82, 2.24) is 0 Å². The van der Waals surface area contributed by atoms with E-state index in [2.05, 4.69) is 123 Å². The van der Waals surface area contributed by atoms with Crippen molar-refractivity contribution in [3.63, 3.8) is 0 Å². The highest BCUT2D eigenvalue weighted by atomic mass is 16.6. The van der Waals surface area contributed by atoms with Crippen LogP contribution in [-0.4, -0.2) is 36.4 Å². The van der Waals surface area contributed by atoms with Crippen molar-refractivity contribution in [2.24, 2.45) is 0 Å². The quantitative estimate of drug-likeness (QED) is 0.0373. The first-order valence-corrected chi connectivity index (χ1v) is 31.4. The number of allylic oxidation sites excluding steroid dienone is 18. The summed E-state index contributed by atoms with van der Waals surface area (Å²) in [5.74, 6) is -0.588. The molecule has 0 amide bonds. The summed E-state index contributed by atoms with van der Waals surface area (Å²) < 4.78 is 10.7. The average Bonchev–Trinajstić information content (AvgIpc) is 3.40. The minimum absolute atomic E-state index is 0.0691. The standard InChI is InChI=1S/C69H118O5/c1-3-5-7-9-11-13-15-17-19-21-23-25-27-29-30-31-32-33-34-35-36-37-38-40-42-44-46-48-50-52-54-56-58-60-62-64-69(72)74-67(65-70)66-73-68(71)63-61-59-57-55-53-51-49-47-45-43-41-39-28-26-24-22-20-18-16-14-12-10-8-6-4-2/h5,7,11,13,16-19,22-25,29-30,32-33,35-36,67,70H,3-4,6,8-10,12,14-15,20-21,26-28,31,34,37-66H2,1-2H3/b7-5-,13-11-,18-16-,19-17-,24-22-,25-23-,30-29-,33-32-,36-35-. The Morgan fingerprint density at radius 2 is 0.581 bits per heavy atom. The van der Waals surface area contributed by atoms with Crippen molar-refractivity contribution in [2.75, 3.05) is 13.2 Å². The molecule has 1 unspecified atom stereocenters. The molecule has 74 heavy (non-hydrogen) atoms. The van der Waals surface area contributed by atoms with E-state index in [4.69, 9.17) is 9.47 Å². The molecule has 0 aromatic heterocycles. The number of carbonyl (C=O) groups excluding carboxylic acids is 2. The van der Waals surface area contributed by atoms with Crippen LogP contribution in [0.25, 0.3) is 0 Å². The Labute approximate surface area is 459 Å². The second-order valence-electron chi connectivity index (χ2n) is 20.8. The zero-order valence-electron chi connectivity index (χ0n) is 48.6. The molecule has 1 N–H and O–H groups in total. The molecule has 0 aromatic rings. The van der Waals surface area contributed by atoms with E-state index in [0.717, 1.165) is 89.9 Å². The summed E-state index contributed by atoms with van der Waals surface area (Å²) in [5, 5.41) is 9.68. The van der Waals surface area contributed by atoms with E-state index >= 15 is 0 Å². The lowest BCUT2D eigenvalue weighted by Crippen LogP contribution is -2.28. The Morgan fingerprint density at radius 1 is 0.324 bits per heavy atom. The smallest absolute Gasteiger partial charge is 0.306 e. The highest BCUT2D eigenvalue weighted by Gasteiger charge is 2.16. The fourth-order valence-electron chi connectivity index (χ4n) is 8.86. The summed E-state index contributed by atoms with van der Waals surface area (Å²) in [4.78, 5) is 24.6. The SMILES string of the molecule is CC/C=C\C/C=C\C/C=C\C/C=C\C/C=C\C/C=C\C/C=C\CCCCCCCCCCCCCCCC(=O)OC(CO)COC(=O)CCCCCCCCCCCCCCC/C=C\C/C=C\CCCCCCC. The number of esters is 2. The van der Waals surface area contributed by atoms with E-state index in [9.17, 15) is 14.7 Å². The zero-order chi connectivity index (χ0) is 53.4. The summed E-state index contributed by atoms with van der Waals surface area (Å²) in [6.07, 6.45) is 92.2. The van der Waals surface area contributed by atoms with Gasteiger partial charge in [0.05, 0.1) is 6.61 Å². The van der Waals surface area contributed by atoms with Gasteiger partial charge in [-0.05, 0) is 103 Å². The van der Waals surface area contributed by atoms with Gasteiger partial charge in [-0.1, -0.05) is 290 Å². The molecular weight excluding hydrogens is 909 g/mol. The Kier molecular flexibility index (Phi) is 60.9. The molecule has 5 nitrogen and oxygen atoms in total. The molecule has 0 heterocycles. The van der Waals surface area contributed by atoms with Crippen LogP contribution in [0.2, 0.25) is 0 Å². The summed E-state index contributed by atoms with van der Waals surface area (Å²) in [7, 11) is 0. The van der Waals surface area contributed by atoms with Crippen LogP contribution in [-0.2, 0) is 19.1 Å². The van der Waals surface area contributed by atoms with Crippen LogP contribution in [0.4, 0.5) is 0 Å². The Balaban J connectivity index is 3.50. The molecule has 0 aliphatic heterocycles. The van der Waals surface area contributed by atoms with E-state index < -0.39 is 6.10 Å². The van der Waals surface area contributed by atoms with Gasteiger partial charge in [0, 0.05) is 12.8 Å². The monoisotopic (exact) mass is 1030 g/mol. The molecule has 1 atom stereocenters. The summed E-state index contributed by atoms with van der Waals surface area (Å²) >= 11 is 0. The first-order valence-electron chi connectivity index (χ1n) is 31.4. The van der Waals surface area contributed by atoms with E-state index in [1.807, 2.05) is 0 Å².